The minimum absolute atomic E-state index is 0.0864. The van der Waals surface area contributed by atoms with Crippen molar-refractivity contribution in [2.24, 2.45) is 0 Å². The molecular weight excluding hydrogens is 208 g/mol. The second kappa shape index (κ2) is 5.46. The van der Waals surface area contributed by atoms with E-state index in [9.17, 15) is 9.90 Å². The molecule has 16 heavy (non-hydrogen) atoms. The van der Waals surface area contributed by atoms with E-state index in [0.29, 0.717) is 18.8 Å². The second-order valence-electron chi connectivity index (χ2n) is 3.80. The van der Waals surface area contributed by atoms with Crippen LogP contribution in [0.3, 0.4) is 0 Å². The summed E-state index contributed by atoms with van der Waals surface area (Å²) >= 11 is 0. The third kappa shape index (κ3) is 3.86. The number of carbonyl (C=O) groups is 1. The fourth-order valence-electron chi connectivity index (χ4n) is 1.34. The van der Waals surface area contributed by atoms with Gasteiger partial charge in [0.25, 0.3) is 0 Å². The lowest BCUT2D eigenvalue weighted by atomic mass is 10.2. The summed E-state index contributed by atoms with van der Waals surface area (Å²) in [5, 5.41) is 18.1. The van der Waals surface area contributed by atoms with Gasteiger partial charge >= 0.3 is 5.97 Å². The Morgan fingerprint density at radius 2 is 2.19 bits per heavy atom. The molecule has 1 rings (SSSR count). The SMILES string of the molecule is Cc1ccc(O)c(CN(C)CCC(=O)O)n1. The Balaban J connectivity index is 2.58. The third-order valence-corrected chi connectivity index (χ3v) is 2.22. The molecule has 88 valence electrons. The van der Waals surface area contributed by atoms with E-state index in [0.717, 1.165) is 5.69 Å². The first kappa shape index (κ1) is 12.4. The number of carboxylic acid groups (broad SMARTS) is 1. The molecule has 0 radical (unpaired) electrons. The molecule has 1 aromatic heterocycles. The Morgan fingerprint density at radius 3 is 2.81 bits per heavy atom. The molecule has 0 fully saturated rings. The third-order valence-electron chi connectivity index (χ3n) is 2.22. The van der Waals surface area contributed by atoms with Gasteiger partial charge in [-0.2, -0.15) is 0 Å². The van der Waals surface area contributed by atoms with Crippen molar-refractivity contribution < 1.29 is 15.0 Å². The zero-order valence-corrected chi connectivity index (χ0v) is 9.47. The number of hydrogen-bond acceptors (Lipinski definition) is 4. The Morgan fingerprint density at radius 1 is 1.50 bits per heavy atom. The molecule has 0 unspecified atom stereocenters. The van der Waals surface area contributed by atoms with E-state index in [4.69, 9.17) is 5.11 Å². The molecule has 0 atom stereocenters. The van der Waals surface area contributed by atoms with E-state index in [1.165, 1.54) is 0 Å². The average Bonchev–Trinajstić information content (AvgIpc) is 2.20. The van der Waals surface area contributed by atoms with Crippen LogP contribution in [0.5, 0.6) is 5.75 Å². The molecule has 5 heteroatoms. The van der Waals surface area contributed by atoms with Crippen LogP contribution in [-0.4, -0.2) is 39.7 Å². The van der Waals surface area contributed by atoms with E-state index in [-0.39, 0.29) is 12.2 Å². The topological polar surface area (TPSA) is 73.7 Å². The number of aryl methyl sites for hydroxylation is 1. The summed E-state index contributed by atoms with van der Waals surface area (Å²) in [6.45, 7) is 2.73. The lowest BCUT2D eigenvalue weighted by Gasteiger charge is -2.15. The van der Waals surface area contributed by atoms with Gasteiger partial charge in [-0.3, -0.25) is 14.7 Å². The molecule has 2 N–H and O–H groups in total. The lowest BCUT2D eigenvalue weighted by molar-refractivity contribution is -0.137. The number of carboxylic acids is 1. The van der Waals surface area contributed by atoms with E-state index in [1.807, 2.05) is 11.8 Å². The van der Waals surface area contributed by atoms with Gasteiger partial charge in [-0.05, 0) is 26.1 Å². The molecule has 0 bridgehead atoms. The van der Waals surface area contributed by atoms with Crippen LogP contribution in [0.15, 0.2) is 12.1 Å². The maximum absolute atomic E-state index is 10.4. The molecule has 0 aliphatic rings. The Labute approximate surface area is 94.4 Å². The number of hydrogen-bond donors (Lipinski definition) is 2. The van der Waals surface area contributed by atoms with E-state index in [1.54, 1.807) is 19.2 Å². The first-order valence-corrected chi connectivity index (χ1v) is 5.05. The van der Waals surface area contributed by atoms with Gasteiger partial charge in [-0.15, -0.1) is 0 Å². The quantitative estimate of drug-likeness (QED) is 0.780. The number of rotatable bonds is 5. The maximum atomic E-state index is 10.4. The van der Waals surface area contributed by atoms with Gasteiger partial charge in [0, 0.05) is 18.8 Å². The molecular formula is C11H16N2O3. The van der Waals surface area contributed by atoms with Crippen LogP contribution in [-0.2, 0) is 11.3 Å². The second-order valence-corrected chi connectivity index (χ2v) is 3.80. The number of pyridine rings is 1. The van der Waals surface area contributed by atoms with Crippen LogP contribution in [0.2, 0.25) is 0 Å². The Hall–Kier alpha value is -1.62. The highest BCUT2D eigenvalue weighted by molar-refractivity contribution is 5.66. The van der Waals surface area contributed by atoms with Crippen LogP contribution in [0.4, 0.5) is 0 Å². The van der Waals surface area contributed by atoms with Crippen molar-refractivity contribution in [1.82, 2.24) is 9.88 Å². The molecule has 0 saturated carbocycles. The summed E-state index contributed by atoms with van der Waals surface area (Å²) in [4.78, 5) is 16.4. The van der Waals surface area contributed by atoms with Gasteiger partial charge in [0.05, 0.1) is 12.1 Å². The summed E-state index contributed by atoms with van der Waals surface area (Å²) in [7, 11) is 1.80. The molecule has 0 amide bonds. The summed E-state index contributed by atoms with van der Waals surface area (Å²) in [6, 6.07) is 3.33. The Kier molecular flexibility index (Phi) is 4.25. The zero-order valence-electron chi connectivity index (χ0n) is 9.47. The number of nitrogens with zero attached hydrogens (tertiary/aromatic N) is 2. The summed E-state index contributed by atoms with van der Waals surface area (Å²) in [5.41, 5.74) is 1.41. The fraction of sp³-hybridized carbons (Fsp3) is 0.455. The van der Waals surface area contributed by atoms with Crippen molar-refractivity contribution >= 4 is 5.97 Å². The summed E-state index contributed by atoms with van der Waals surface area (Å²) < 4.78 is 0. The van der Waals surface area contributed by atoms with Crippen LogP contribution >= 0.6 is 0 Å². The largest absolute Gasteiger partial charge is 0.506 e. The van der Waals surface area contributed by atoms with Gasteiger partial charge < -0.3 is 10.2 Å². The van der Waals surface area contributed by atoms with Crippen LogP contribution in [0.25, 0.3) is 0 Å². The van der Waals surface area contributed by atoms with Gasteiger partial charge in [0.1, 0.15) is 5.75 Å². The zero-order chi connectivity index (χ0) is 12.1. The minimum atomic E-state index is -0.826. The van der Waals surface area contributed by atoms with Gasteiger partial charge in [-0.25, -0.2) is 0 Å². The first-order chi connectivity index (χ1) is 7.49. The van der Waals surface area contributed by atoms with Crippen LogP contribution in [0.1, 0.15) is 17.8 Å². The summed E-state index contributed by atoms with van der Waals surface area (Å²) in [5.74, 6) is -0.680. The standard InChI is InChI=1S/C11H16N2O3/c1-8-3-4-10(14)9(12-8)7-13(2)6-5-11(15)16/h3-4,14H,5-7H2,1-2H3,(H,15,16). The van der Waals surface area contributed by atoms with Gasteiger partial charge in [0.15, 0.2) is 0 Å². The average molecular weight is 224 g/mol. The predicted molar refractivity (Wildman–Crippen MR) is 59.2 cm³/mol. The normalized spacial score (nSPS) is 10.7. The molecule has 0 aromatic carbocycles. The van der Waals surface area contributed by atoms with Gasteiger partial charge in [-0.1, -0.05) is 0 Å². The minimum Gasteiger partial charge on any atom is -0.506 e. The van der Waals surface area contributed by atoms with E-state index in [2.05, 4.69) is 4.98 Å². The molecule has 0 spiro atoms. The van der Waals surface area contributed by atoms with Gasteiger partial charge in [0.2, 0.25) is 0 Å². The van der Waals surface area contributed by atoms with Crippen LogP contribution < -0.4 is 0 Å². The Bertz CT molecular complexity index is 379. The smallest absolute Gasteiger partial charge is 0.304 e. The monoisotopic (exact) mass is 224 g/mol. The fourth-order valence-corrected chi connectivity index (χ4v) is 1.34. The number of aliphatic carboxylic acids is 1. The van der Waals surface area contributed by atoms with Crippen molar-refractivity contribution in [2.45, 2.75) is 19.9 Å². The first-order valence-electron chi connectivity index (χ1n) is 5.05. The van der Waals surface area contributed by atoms with Crippen LogP contribution in [0, 0.1) is 6.92 Å². The highest BCUT2D eigenvalue weighted by atomic mass is 16.4. The molecule has 0 aliphatic heterocycles. The predicted octanol–water partition coefficient (Wildman–Crippen LogP) is 1.00. The molecule has 1 aromatic rings. The van der Waals surface area contributed by atoms with E-state index >= 15 is 0 Å². The van der Waals surface area contributed by atoms with E-state index < -0.39 is 5.97 Å². The number of aromatic nitrogens is 1. The number of aromatic hydroxyl groups is 1. The molecule has 0 saturated heterocycles. The summed E-state index contributed by atoms with van der Waals surface area (Å²) in [6.07, 6.45) is 0.0864. The highest BCUT2D eigenvalue weighted by Gasteiger charge is 2.08. The molecule has 1 heterocycles. The molecule has 0 aliphatic carbocycles. The maximum Gasteiger partial charge on any atom is 0.304 e. The van der Waals surface area contributed by atoms with Crippen molar-refractivity contribution in [1.29, 1.82) is 0 Å². The van der Waals surface area contributed by atoms with Crippen molar-refractivity contribution in [3.63, 3.8) is 0 Å². The lowest BCUT2D eigenvalue weighted by Crippen LogP contribution is -2.22. The van der Waals surface area contributed by atoms with Crippen molar-refractivity contribution in [2.75, 3.05) is 13.6 Å². The highest BCUT2D eigenvalue weighted by Crippen LogP contribution is 2.16. The van der Waals surface area contributed by atoms with Crippen molar-refractivity contribution in [3.8, 4) is 5.75 Å². The molecule has 5 nitrogen and oxygen atoms in total. The van der Waals surface area contributed by atoms with Crippen molar-refractivity contribution in [3.05, 3.63) is 23.5 Å².